The number of hydrogen-bond acceptors (Lipinski definition) is 5. The van der Waals surface area contributed by atoms with E-state index in [1.807, 2.05) is 84.9 Å². The highest BCUT2D eigenvalue weighted by Gasteiger charge is 2.13. The summed E-state index contributed by atoms with van der Waals surface area (Å²) in [7, 11) is 1.60. The molecule has 0 bridgehead atoms. The van der Waals surface area contributed by atoms with Crippen LogP contribution in [0, 0.1) is 0 Å². The van der Waals surface area contributed by atoms with Crippen molar-refractivity contribution in [2.75, 3.05) is 7.11 Å². The molecule has 0 fully saturated rings. The minimum absolute atomic E-state index is 0.0872. The summed E-state index contributed by atoms with van der Waals surface area (Å²) >= 11 is 0. The normalized spacial score (nSPS) is 10.6. The number of aliphatic hydroxyl groups excluding tert-OH is 1. The van der Waals surface area contributed by atoms with Crippen LogP contribution in [-0.4, -0.2) is 17.2 Å². The first-order chi connectivity index (χ1) is 15.7. The minimum Gasteiger partial charge on any atom is -0.497 e. The van der Waals surface area contributed by atoms with Gasteiger partial charge in [-0.1, -0.05) is 60.7 Å². The highest BCUT2D eigenvalue weighted by Crippen LogP contribution is 2.34. The van der Waals surface area contributed by atoms with E-state index in [1.165, 1.54) is 0 Å². The van der Waals surface area contributed by atoms with E-state index in [0.717, 1.165) is 27.8 Å². The predicted octanol–water partition coefficient (Wildman–Crippen LogP) is 5.41. The molecular weight excluding hydrogens is 402 g/mol. The molecule has 32 heavy (non-hydrogen) atoms. The lowest BCUT2D eigenvalue weighted by Gasteiger charge is -2.14. The van der Waals surface area contributed by atoms with E-state index in [2.05, 4.69) is 4.98 Å². The molecule has 1 N–H and O–H groups in total. The molecule has 1 heterocycles. The molecule has 0 unspecified atom stereocenters. The minimum atomic E-state index is -0.0872. The Balaban J connectivity index is 1.65. The van der Waals surface area contributed by atoms with Crippen LogP contribution >= 0.6 is 0 Å². The quantitative estimate of drug-likeness (QED) is 0.387. The second kappa shape index (κ2) is 10.5. The van der Waals surface area contributed by atoms with E-state index in [1.54, 1.807) is 13.2 Å². The molecular formula is C27H25NO4. The Kier molecular flexibility index (Phi) is 7.00. The summed E-state index contributed by atoms with van der Waals surface area (Å²) in [6.07, 6.45) is 0. The van der Waals surface area contributed by atoms with E-state index in [-0.39, 0.29) is 6.61 Å². The summed E-state index contributed by atoms with van der Waals surface area (Å²) in [5.74, 6) is 1.59. The zero-order chi connectivity index (χ0) is 22.2. The largest absolute Gasteiger partial charge is 0.497 e. The van der Waals surface area contributed by atoms with Crippen LogP contribution in [0.2, 0.25) is 0 Å². The molecule has 0 saturated heterocycles. The molecule has 0 aliphatic heterocycles. The summed E-state index contributed by atoms with van der Waals surface area (Å²) in [6, 6.07) is 29.2. The molecule has 0 saturated carbocycles. The zero-order valence-electron chi connectivity index (χ0n) is 17.9. The number of ether oxygens (including phenoxy) is 3. The van der Waals surface area contributed by atoms with Gasteiger partial charge in [-0.05, 0) is 46.5 Å². The molecule has 0 atom stereocenters. The monoisotopic (exact) mass is 427 g/mol. The second-order valence-electron chi connectivity index (χ2n) is 7.28. The molecule has 0 radical (unpaired) electrons. The Morgan fingerprint density at radius 1 is 0.719 bits per heavy atom. The number of rotatable bonds is 9. The molecule has 3 aromatic carbocycles. The Bertz CT molecular complexity index is 1120. The summed E-state index contributed by atoms with van der Waals surface area (Å²) in [4.78, 5) is 4.64. The van der Waals surface area contributed by atoms with Crippen molar-refractivity contribution in [2.45, 2.75) is 19.8 Å². The summed E-state index contributed by atoms with van der Waals surface area (Å²) in [5.41, 5.74) is 4.49. The van der Waals surface area contributed by atoms with Gasteiger partial charge in [0.05, 0.1) is 13.7 Å². The third kappa shape index (κ3) is 5.45. The number of aliphatic hydroxyl groups is 1. The SMILES string of the molecule is COc1cc(CO)cc(-c2ccc(OCc3ccccc3)nc2OCc2ccccc2)c1. The number of hydrogen-bond donors (Lipinski definition) is 1. The van der Waals surface area contributed by atoms with Crippen molar-refractivity contribution < 1.29 is 19.3 Å². The maximum absolute atomic E-state index is 9.65. The Morgan fingerprint density at radius 3 is 2.00 bits per heavy atom. The van der Waals surface area contributed by atoms with E-state index in [9.17, 15) is 5.11 Å². The van der Waals surface area contributed by atoms with Crippen LogP contribution in [0.4, 0.5) is 0 Å². The first kappa shape index (κ1) is 21.4. The lowest BCUT2D eigenvalue weighted by Crippen LogP contribution is -2.02. The van der Waals surface area contributed by atoms with E-state index in [0.29, 0.717) is 30.7 Å². The van der Waals surface area contributed by atoms with Crippen LogP contribution in [-0.2, 0) is 19.8 Å². The predicted molar refractivity (Wildman–Crippen MR) is 124 cm³/mol. The smallest absolute Gasteiger partial charge is 0.225 e. The van der Waals surface area contributed by atoms with E-state index >= 15 is 0 Å². The Labute approximate surface area is 187 Å². The molecule has 5 nitrogen and oxygen atoms in total. The fraction of sp³-hybridized carbons (Fsp3) is 0.148. The highest BCUT2D eigenvalue weighted by atomic mass is 16.5. The van der Waals surface area contributed by atoms with Crippen molar-refractivity contribution in [1.29, 1.82) is 0 Å². The van der Waals surface area contributed by atoms with Crippen molar-refractivity contribution in [2.24, 2.45) is 0 Å². The van der Waals surface area contributed by atoms with Gasteiger partial charge in [-0.2, -0.15) is 4.98 Å². The second-order valence-corrected chi connectivity index (χ2v) is 7.28. The highest BCUT2D eigenvalue weighted by molar-refractivity contribution is 5.71. The van der Waals surface area contributed by atoms with Gasteiger partial charge < -0.3 is 19.3 Å². The van der Waals surface area contributed by atoms with Crippen LogP contribution < -0.4 is 14.2 Å². The van der Waals surface area contributed by atoms with Crippen molar-refractivity contribution in [3.63, 3.8) is 0 Å². The van der Waals surface area contributed by atoms with Gasteiger partial charge in [0.25, 0.3) is 0 Å². The van der Waals surface area contributed by atoms with E-state index < -0.39 is 0 Å². The van der Waals surface area contributed by atoms with Crippen LogP contribution in [0.3, 0.4) is 0 Å². The molecule has 162 valence electrons. The van der Waals surface area contributed by atoms with Gasteiger partial charge >= 0.3 is 0 Å². The fourth-order valence-electron chi connectivity index (χ4n) is 3.32. The van der Waals surface area contributed by atoms with Gasteiger partial charge in [0.1, 0.15) is 19.0 Å². The number of nitrogens with zero attached hydrogens (tertiary/aromatic N) is 1. The van der Waals surface area contributed by atoms with Crippen molar-refractivity contribution in [1.82, 2.24) is 4.98 Å². The molecule has 1 aromatic heterocycles. The molecule has 4 aromatic rings. The molecule has 4 rings (SSSR count). The van der Waals surface area contributed by atoms with Crippen LogP contribution in [0.5, 0.6) is 17.5 Å². The summed E-state index contributed by atoms with van der Waals surface area (Å²) < 4.78 is 17.4. The molecule has 0 spiro atoms. The number of pyridine rings is 1. The third-order valence-electron chi connectivity index (χ3n) is 4.98. The van der Waals surface area contributed by atoms with Crippen molar-refractivity contribution in [3.8, 4) is 28.6 Å². The Morgan fingerprint density at radius 2 is 1.38 bits per heavy atom. The lowest BCUT2D eigenvalue weighted by molar-refractivity contribution is 0.268. The maximum atomic E-state index is 9.65. The van der Waals surface area contributed by atoms with Gasteiger partial charge in [-0.3, -0.25) is 0 Å². The first-order valence-electron chi connectivity index (χ1n) is 10.4. The van der Waals surface area contributed by atoms with Crippen molar-refractivity contribution in [3.05, 3.63) is 108 Å². The van der Waals surface area contributed by atoms with Crippen LogP contribution in [0.25, 0.3) is 11.1 Å². The van der Waals surface area contributed by atoms with E-state index in [4.69, 9.17) is 14.2 Å². The van der Waals surface area contributed by atoms with Crippen LogP contribution in [0.1, 0.15) is 16.7 Å². The lowest BCUT2D eigenvalue weighted by atomic mass is 10.0. The Hall–Kier alpha value is -3.83. The van der Waals surface area contributed by atoms with Gasteiger partial charge in [-0.25, -0.2) is 0 Å². The average Bonchev–Trinajstić information content (AvgIpc) is 2.87. The number of aromatic nitrogens is 1. The number of methoxy groups -OCH3 is 1. The first-order valence-corrected chi connectivity index (χ1v) is 10.4. The van der Waals surface area contributed by atoms with Crippen LogP contribution in [0.15, 0.2) is 91.0 Å². The molecule has 5 heteroatoms. The zero-order valence-corrected chi connectivity index (χ0v) is 17.9. The van der Waals surface area contributed by atoms with Gasteiger partial charge in [0.15, 0.2) is 0 Å². The van der Waals surface area contributed by atoms with Gasteiger partial charge in [-0.15, -0.1) is 0 Å². The molecule has 0 aliphatic rings. The fourth-order valence-corrected chi connectivity index (χ4v) is 3.32. The van der Waals surface area contributed by atoms with Gasteiger partial charge in [0, 0.05) is 11.6 Å². The summed E-state index contributed by atoms with van der Waals surface area (Å²) in [5, 5.41) is 9.65. The topological polar surface area (TPSA) is 60.8 Å². The molecule has 0 aliphatic carbocycles. The van der Waals surface area contributed by atoms with Gasteiger partial charge in [0.2, 0.25) is 11.8 Å². The third-order valence-corrected chi connectivity index (χ3v) is 4.98. The maximum Gasteiger partial charge on any atom is 0.225 e. The number of benzene rings is 3. The standard InChI is InChI=1S/C27H25NO4/c1-30-24-15-22(17-29)14-23(16-24)25-12-13-26(31-18-20-8-4-2-5-9-20)28-27(25)32-19-21-10-6-3-7-11-21/h2-16,29H,17-19H2,1H3. The average molecular weight is 428 g/mol. The van der Waals surface area contributed by atoms with Crippen molar-refractivity contribution >= 4 is 0 Å². The summed E-state index contributed by atoms with van der Waals surface area (Å²) in [6.45, 7) is 0.703. The molecule has 0 amide bonds.